The summed E-state index contributed by atoms with van der Waals surface area (Å²) in [5.74, 6) is -0.456. The van der Waals surface area contributed by atoms with Crippen LogP contribution in [0.4, 0.5) is 4.39 Å². The second-order valence-corrected chi connectivity index (χ2v) is 4.80. The van der Waals surface area contributed by atoms with Crippen molar-refractivity contribution in [3.63, 3.8) is 0 Å². The van der Waals surface area contributed by atoms with E-state index in [0.717, 1.165) is 11.1 Å². The zero-order valence-corrected chi connectivity index (χ0v) is 10.1. The van der Waals surface area contributed by atoms with Gasteiger partial charge in [-0.3, -0.25) is 4.79 Å². The highest BCUT2D eigenvalue weighted by atomic mass is 19.1. The van der Waals surface area contributed by atoms with Gasteiger partial charge in [-0.15, -0.1) is 0 Å². The van der Waals surface area contributed by atoms with E-state index in [1.54, 1.807) is 12.1 Å². The molecule has 1 nitrogen and oxygen atoms in total. The first-order valence-electron chi connectivity index (χ1n) is 6.05. The lowest BCUT2D eigenvalue weighted by atomic mass is 9.94. The van der Waals surface area contributed by atoms with Gasteiger partial charge in [-0.1, -0.05) is 42.0 Å². The Hall–Kier alpha value is -1.96. The number of Topliss-reactive ketones (excluding diaryl/α,β-unsaturated/α-hetero) is 1. The third-order valence-electron chi connectivity index (χ3n) is 3.55. The van der Waals surface area contributed by atoms with Crippen LogP contribution in [0.25, 0.3) is 0 Å². The zero-order chi connectivity index (χ0) is 12.7. The van der Waals surface area contributed by atoms with E-state index in [4.69, 9.17) is 0 Å². The van der Waals surface area contributed by atoms with Crippen molar-refractivity contribution in [2.24, 2.45) is 0 Å². The lowest BCUT2D eigenvalue weighted by Gasteiger charge is -2.08. The topological polar surface area (TPSA) is 17.1 Å². The highest BCUT2D eigenvalue weighted by molar-refractivity contribution is 6.05. The molecule has 1 unspecified atom stereocenters. The summed E-state index contributed by atoms with van der Waals surface area (Å²) >= 11 is 0. The lowest BCUT2D eigenvalue weighted by Crippen LogP contribution is -2.06. The highest BCUT2D eigenvalue weighted by Gasteiger charge is 2.33. The van der Waals surface area contributed by atoms with E-state index in [9.17, 15) is 9.18 Å². The maximum absolute atomic E-state index is 13.7. The van der Waals surface area contributed by atoms with Crippen molar-refractivity contribution in [3.8, 4) is 0 Å². The van der Waals surface area contributed by atoms with Crippen LogP contribution >= 0.6 is 0 Å². The van der Waals surface area contributed by atoms with Crippen LogP contribution in [0, 0.1) is 12.7 Å². The minimum absolute atomic E-state index is 0.0371. The van der Waals surface area contributed by atoms with E-state index in [2.05, 4.69) is 0 Å². The van der Waals surface area contributed by atoms with E-state index in [1.807, 2.05) is 31.2 Å². The van der Waals surface area contributed by atoms with Gasteiger partial charge in [-0.25, -0.2) is 4.39 Å². The second kappa shape index (κ2) is 4.05. The fourth-order valence-corrected chi connectivity index (χ4v) is 2.64. The Bertz CT molecular complexity index is 631. The third-order valence-corrected chi connectivity index (χ3v) is 3.55. The molecule has 1 atom stereocenters. The summed E-state index contributed by atoms with van der Waals surface area (Å²) < 4.78 is 13.7. The van der Waals surface area contributed by atoms with Crippen LogP contribution in [-0.2, 0) is 6.42 Å². The van der Waals surface area contributed by atoms with Gasteiger partial charge in [-0.05, 0) is 30.5 Å². The molecule has 0 aromatic heterocycles. The molecule has 18 heavy (non-hydrogen) atoms. The number of ketones is 1. The van der Waals surface area contributed by atoms with Gasteiger partial charge in [0.05, 0.1) is 5.92 Å². The van der Waals surface area contributed by atoms with Gasteiger partial charge >= 0.3 is 0 Å². The molecule has 2 aromatic rings. The van der Waals surface area contributed by atoms with E-state index in [-0.39, 0.29) is 17.5 Å². The van der Waals surface area contributed by atoms with Crippen molar-refractivity contribution in [3.05, 3.63) is 70.5 Å². The number of fused-ring (bicyclic) bond motifs is 1. The molecule has 1 aliphatic carbocycles. The second-order valence-electron chi connectivity index (χ2n) is 4.80. The first-order valence-corrected chi connectivity index (χ1v) is 6.05. The molecule has 90 valence electrons. The number of hydrogen-bond donors (Lipinski definition) is 0. The number of carbonyl (C=O) groups excluding carboxylic acids is 1. The highest BCUT2D eigenvalue weighted by Crippen LogP contribution is 2.35. The van der Waals surface area contributed by atoms with Crippen molar-refractivity contribution in [1.82, 2.24) is 0 Å². The molecule has 2 aromatic carbocycles. The molecule has 2 heteroatoms. The summed E-state index contributed by atoms with van der Waals surface area (Å²) in [6.45, 7) is 2.00. The van der Waals surface area contributed by atoms with Gasteiger partial charge in [0.2, 0.25) is 0 Å². The molecule has 0 saturated heterocycles. The average molecular weight is 240 g/mol. The van der Waals surface area contributed by atoms with E-state index in [0.29, 0.717) is 17.5 Å². The predicted molar refractivity (Wildman–Crippen MR) is 68.4 cm³/mol. The maximum Gasteiger partial charge on any atom is 0.171 e. The van der Waals surface area contributed by atoms with Gasteiger partial charge in [0, 0.05) is 5.56 Å². The Kier molecular flexibility index (Phi) is 2.51. The van der Waals surface area contributed by atoms with Gasteiger partial charge < -0.3 is 0 Å². The fraction of sp³-hybridized carbons (Fsp3) is 0.188. The Labute approximate surface area is 105 Å². The number of halogens is 1. The zero-order valence-electron chi connectivity index (χ0n) is 10.1. The van der Waals surface area contributed by atoms with Crippen LogP contribution in [0.2, 0.25) is 0 Å². The van der Waals surface area contributed by atoms with E-state index >= 15 is 0 Å². The SMILES string of the molecule is Cc1cccc(C2Cc3c(F)cccc3C2=O)c1. The molecule has 0 N–H and O–H groups in total. The molecule has 0 saturated carbocycles. The molecule has 0 spiro atoms. The number of hydrogen-bond acceptors (Lipinski definition) is 1. The molecule has 3 rings (SSSR count). The maximum atomic E-state index is 13.7. The van der Waals surface area contributed by atoms with Crippen molar-refractivity contribution in [2.45, 2.75) is 19.3 Å². The molecule has 0 aliphatic heterocycles. The molecule has 0 bridgehead atoms. The normalized spacial score (nSPS) is 17.9. The molecular weight excluding hydrogens is 227 g/mol. The summed E-state index contributed by atoms with van der Waals surface area (Å²) in [5, 5.41) is 0. The molecule has 0 fully saturated rings. The molecular formula is C16H13FO. The van der Waals surface area contributed by atoms with Crippen molar-refractivity contribution in [1.29, 1.82) is 0 Å². The van der Waals surface area contributed by atoms with Crippen LogP contribution in [-0.4, -0.2) is 5.78 Å². The summed E-state index contributed by atoms with van der Waals surface area (Å²) in [7, 11) is 0. The van der Waals surface area contributed by atoms with Gasteiger partial charge in [-0.2, -0.15) is 0 Å². The van der Waals surface area contributed by atoms with Crippen molar-refractivity contribution >= 4 is 5.78 Å². The van der Waals surface area contributed by atoms with Crippen molar-refractivity contribution in [2.75, 3.05) is 0 Å². The molecule has 0 radical (unpaired) electrons. The van der Waals surface area contributed by atoms with E-state index in [1.165, 1.54) is 6.07 Å². The summed E-state index contributed by atoms with van der Waals surface area (Å²) in [6.07, 6.45) is 0.476. The Morgan fingerprint density at radius 2 is 1.94 bits per heavy atom. The molecule has 0 amide bonds. The molecule has 1 aliphatic rings. The standard InChI is InChI=1S/C16H13FO/c1-10-4-2-5-11(8-10)13-9-14-12(16(13)18)6-3-7-15(14)17/h2-8,13H,9H2,1H3. The summed E-state index contributed by atoms with van der Waals surface area (Å²) in [6, 6.07) is 12.6. The minimum Gasteiger partial charge on any atom is -0.293 e. The quantitative estimate of drug-likeness (QED) is 0.743. The van der Waals surface area contributed by atoms with Gasteiger partial charge in [0.1, 0.15) is 5.82 Å². The monoisotopic (exact) mass is 240 g/mol. The van der Waals surface area contributed by atoms with E-state index < -0.39 is 0 Å². The third kappa shape index (κ3) is 1.65. The van der Waals surface area contributed by atoms with Crippen LogP contribution in [0.3, 0.4) is 0 Å². The van der Waals surface area contributed by atoms with Crippen LogP contribution in [0.5, 0.6) is 0 Å². The minimum atomic E-state index is -0.268. The van der Waals surface area contributed by atoms with Gasteiger partial charge in [0.25, 0.3) is 0 Å². The fourth-order valence-electron chi connectivity index (χ4n) is 2.64. The predicted octanol–water partition coefficient (Wildman–Crippen LogP) is 3.66. The van der Waals surface area contributed by atoms with Crippen LogP contribution < -0.4 is 0 Å². The van der Waals surface area contributed by atoms with Crippen LogP contribution in [0.15, 0.2) is 42.5 Å². The van der Waals surface area contributed by atoms with Crippen molar-refractivity contribution < 1.29 is 9.18 Å². The largest absolute Gasteiger partial charge is 0.293 e. The Balaban J connectivity index is 2.05. The lowest BCUT2D eigenvalue weighted by molar-refractivity contribution is 0.0973. The van der Waals surface area contributed by atoms with Crippen LogP contribution in [0.1, 0.15) is 33.0 Å². The summed E-state index contributed by atoms with van der Waals surface area (Å²) in [5.41, 5.74) is 3.21. The van der Waals surface area contributed by atoms with Gasteiger partial charge in [0.15, 0.2) is 5.78 Å². The first kappa shape index (κ1) is 11.1. The number of carbonyl (C=O) groups is 1. The number of benzene rings is 2. The number of aryl methyl sites for hydroxylation is 1. The smallest absolute Gasteiger partial charge is 0.171 e. The number of rotatable bonds is 1. The summed E-state index contributed by atoms with van der Waals surface area (Å²) in [4.78, 5) is 12.3. The average Bonchev–Trinajstić information content (AvgIpc) is 2.69. The Morgan fingerprint density at radius 3 is 2.67 bits per heavy atom. The molecule has 0 heterocycles. The Morgan fingerprint density at radius 1 is 1.17 bits per heavy atom. The first-order chi connectivity index (χ1) is 8.66.